The number of hydrogen-bond acceptors (Lipinski definition) is 5. The molecule has 0 radical (unpaired) electrons. The molecule has 0 aliphatic heterocycles. The second-order valence-electron chi connectivity index (χ2n) is 6.12. The lowest BCUT2D eigenvalue weighted by Crippen LogP contribution is -2.42. The number of alkyl halides is 2. The van der Waals surface area contributed by atoms with Crippen molar-refractivity contribution in [2.24, 2.45) is 0 Å². The first kappa shape index (κ1) is 19.8. The summed E-state index contributed by atoms with van der Waals surface area (Å²) in [5, 5.41) is 5.85. The van der Waals surface area contributed by atoms with Gasteiger partial charge in [0.05, 0.1) is 12.3 Å². The predicted molar refractivity (Wildman–Crippen MR) is 86.5 cm³/mol. The van der Waals surface area contributed by atoms with E-state index in [0.717, 1.165) is 0 Å². The second kappa shape index (κ2) is 9.12. The molecule has 8 heteroatoms. The molecule has 1 heterocycles. The van der Waals surface area contributed by atoms with Gasteiger partial charge in [-0.05, 0) is 39.8 Å². The SMILES string of the molecule is CC(CNCc1ccc(CSC(F)F)o1)NC(=O)OC(C)(C)C. The van der Waals surface area contributed by atoms with Crippen LogP contribution in [0.1, 0.15) is 39.2 Å². The maximum atomic E-state index is 12.1. The number of furan rings is 1. The van der Waals surface area contributed by atoms with E-state index >= 15 is 0 Å². The van der Waals surface area contributed by atoms with Gasteiger partial charge in [0.25, 0.3) is 5.76 Å². The van der Waals surface area contributed by atoms with Gasteiger partial charge in [-0.25, -0.2) is 4.79 Å². The fraction of sp³-hybridized carbons (Fsp3) is 0.667. The monoisotopic (exact) mass is 350 g/mol. The van der Waals surface area contributed by atoms with Crippen LogP contribution in [0.3, 0.4) is 0 Å². The highest BCUT2D eigenvalue weighted by Crippen LogP contribution is 2.21. The Hall–Kier alpha value is -1.28. The first-order valence-corrected chi connectivity index (χ1v) is 8.38. The van der Waals surface area contributed by atoms with Crippen molar-refractivity contribution in [1.29, 1.82) is 0 Å². The lowest BCUT2D eigenvalue weighted by atomic mass is 10.2. The van der Waals surface area contributed by atoms with E-state index in [2.05, 4.69) is 10.6 Å². The maximum absolute atomic E-state index is 12.1. The number of carbonyl (C=O) groups excluding carboxylic acids is 1. The Labute approximate surface area is 139 Å². The third-order valence-electron chi connectivity index (χ3n) is 2.58. The van der Waals surface area contributed by atoms with Crippen molar-refractivity contribution >= 4 is 17.9 Å². The fourth-order valence-electron chi connectivity index (χ4n) is 1.71. The van der Waals surface area contributed by atoms with Crippen molar-refractivity contribution in [1.82, 2.24) is 10.6 Å². The maximum Gasteiger partial charge on any atom is 0.407 e. The lowest BCUT2D eigenvalue weighted by Gasteiger charge is -2.22. The van der Waals surface area contributed by atoms with E-state index in [1.165, 1.54) is 0 Å². The van der Waals surface area contributed by atoms with Crippen molar-refractivity contribution in [2.45, 2.75) is 57.4 Å². The van der Waals surface area contributed by atoms with Crippen LogP contribution in [0.2, 0.25) is 0 Å². The van der Waals surface area contributed by atoms with Gasteiger partial charge < -0.3 is 19.8 Å². The molecule has 0 fully saturated rings. The molecule has 23 heavy (non-hydrogen) atoms. The average molecular weight is 350 g/mol. The summed E-state index contributed by atoms with van der Waals surface area (Å²) in [5.74, 6) is -1.07. The zero-order valence-electron chi connectivity index (χ0n) is 13.8. The zero-order valence-corrected chi connectivity index (χ0v) is 14.6. The molecule has 1 aromatic rings. The second-order valence-corrected chi connectivity index (χ2v) is 7.10. The molecular formula is C15H24F2N2O3S. The standard InChI is InChI=1S/C15H24F2N2O3S/c1-10(19-14(20)22-15(2,3)4)7-18-8-11-5-6-12(21-11)9-23-13(16)17/h5-6,10,13,18H,7-9H2,1-4H3,(H,19,20). The first-order chi connectivity index (χ1) is 10.7. The molecule has 0 aliphatic carbocycles. The summed E-state index contributed by atoms with van der Waals surface area (Å²) in [6.07, 6.45) is -0.462. The van der Waals surface area contributed by atoms with Gasteiger partial charge in [0.15, 0.2) is 0 Å². The summed E-state index contributed by atoms with van der Waals surface area (Å²) in [6.45, 7) is 8.24. The number of nitrogens with one attached hydrogen (secondary N) is 2. The largest absolute Gasteiger partial charge is 0.464 e. The summed E-state index contributed by atoms with van der Waals surface area (Å²) < 4.78 is 34.8. The molecule has 5 nitrogen and oxygen atoms in total. The number of amides is 1. The topological polar surface area (TPSA) is 63.5 Å². The molecule has 0 bridgehead atoms. The Morgan fingerprint density at radius 1 is 1.35 bits per heavy atom. The smallest absolute Gasteiger partial charge is 0.407 e. The van der Waals surface area contributed by atoms with Crippen molar-refractivity contribution in [3.05, 3.63) is 23.7 Å². The van der Waals surface area contributed by atoms with Crippen LogP contribution in [0.5, 0.6) is 0 Å². The van der Waals surface area contributed by atoms with Gasteiger partial charge >= 0.3 is 6.09 Å². The number of rotatable bonds is 8. The van der Waals surface area contributed by atoms with Crippen molar-refractivity contribution in [3.8, 4) is 0 Å². The number of ether oxygens (including phenoxy) is 1. The van der Waals surface area contributed by atoms with Crippen LogP contribution >= 0.6 is 11.8 Å². The van der Waals surface area contributed by atoms with Crippen LogP contribution in [0, 0.1) is 0 Å². The van der Waals surface area contributed by atoms with Gasteiger partial charge in [-0.1, -0.05) is 11.8 Å². The number of hydrogen-bond donors (Lipinski definition) is 2. The molecule has 1 rings (SSSR count). The molecule has 0 saturated carbocycles. The lowest BCUT2D eigenvalue weighted by molar-refractivity contribution is 0.0508. The molecule has 132 valence electrons. The Morgan fingerprint density at radius 3 is 2.61 bits per heavy atom. The Kier molecular flexibility index (Phi) is 7.84. The third-order valence-corrected chi connectivity index (χ3v) is 3.28. The molecular weight excluding hydrogens is 326 g/mol. The Morgan fingerprint density at radius 2 is 2.00 bits per heavy atom. The molecule has 0 saturated heterocycles. The number of alkyl carbamates (subject to hydrolysis) is 1. The van der Waals surface area contributed by atoms with E-state index in [-0.39, 0.29) is 11.8 Å². The molecule has 1 unspecified atom stereocenters. The molecule has 1 amide bonds. The quantitative estimate of drug-likeness (QED) is 0.748. The minimum Gasteiger partial charge on any atom is -0.464 e. The summed E-state index contributed by atoms with van der Waals surface area (Å²) in [5.41, 5.74) is -0.530. The van der Waals surface area contributed by atoms with E-state index in [1.807, 2.05) is 6.92 Å². The van der Waals surface area contributed by atoms with Crippen LogP contribution < -0.4 is 10.6 Å². The number of thioether (sulfide) groups is 1. The predicted octanol–water partition coefficient (Wildman–Crippen LogP) is 3.74. The number of halogens is 2. The van der Waals surface area contributed by atoms with Gasteiger partial charge in [-0.2, -0.15) is 8.78 Å². The van der Waals surface area contributed by atoms with Crippen LogP contribution in [0.15, 0.2) is 16.5 Å². The van der Waals surface area contributed by atoms with Gasteiger partial charge in [-0.3, -0.25) is 0 Å². The van der Waals surface area contributed by atoms with Gasteiger partial charge in [0.2, 0.25) is 0 Å². The van der Waals surface area contributed by atoms with Crippen LogP contribution in [-0.4, -0.2) is 30.0 Å². The van der Waals surface area contributed by atoms with Crippen LogP contribution in [0.4, 0.5) is 13.6 Å². The fourth-order valence-corrected chi connectivity index (χ4v) is 2.16. The van der Waals surface area contributed by atoms with Crippen LogP contribution in [-0.2, 0) is 17.0 Å². The molecule has 2 N–H and O–H groups in total. The molecule has 1 aromatic heterocycles. The normalized spacial score (nSPS) is 13.2. The zero-order chi connectivity index (χ0) is 17.5. The van der Waals surface area contributed by atoms with Crippen molar-refractivity contribution < 1.29 is 22.7 Å². The van der Waals surface area contributed by atoms with Crippen molar-refractivity contribution in [2.75, 3.05) is 6.54 Å². The highest BCUT2D eigenvalue weighted by Gasteiger charge is 2.17. The minimum absolute atomic E-state index is 0.117. The highest BCUT2D eigenvalue weighted by atomic mass is 32.2. The summed E-state index contributed by atoms with van der Waals surface area (Å²) >= 11 is 0.529. The third kappa shape index (κ3) is 9.45. The highest BCUT2D eigenvalue weighted by molar-refractivity contribution is 7.98. The summed E-state index contributed by atoms with van der Waals surface area (Å²) in [6, 6.07) is 3.32. The summed E-state index contributed by atoms with van der Waals surface area (Å²) in [4.78, 5) is 11.6. The Balaban J connectivity index is 2.24. The average Bonchev–Trinajstić information content (AvgIpc) is 2.81. The van der Waals surface area contributed by atoms with Gasteiger partial charge in [-0.15, -0.1) is 0 Å². The minimum atomic E-state index is -2.40. The molecule has 1 atom stereocenters. The van der Waals surface area contributed by atoms with E-state index in [0.29, 0.717) is 36.4 Å². The van der Waals surface area contributed by atoms with E-state index in [4.69, 9.17) is 9.15 Å². The molecule has 0 spiro atoms. The molecule has 0 aliphatic rings. The summed E-state index contributed by atoms with van der Waals surface area (Å²) in [7, 11) is 0. The van der Waals surface area contributed by atoms with E-state index in [9.17, 15) is 13.6 Å². The van der Waals surface area contributed by atoms with E-state index in [1.54, 1.807) is 32.9 Å². The van der Waals surface area contributed by atoms with Gasteiger partial charge in [0, 0.05) is 12.6 Å². The van der Waals surface area contributed by atoms with Crippen LogP contribution in [0.25, 0.3) is 0 Å². The molecule has 0 aromatic carbocycles. The first-order valence-electron chi connectivity index (χ1n) is 7.33. The van der Waals surface area contributed by atoms with Gasteiger partial charge in [0.1, 0.15) is 17.1 Å². The number of carbonyl (C=O) groups is 1. The van der Waals surface area contributed by atoms with E-state index < -0.39 is 17.5 Å². The van der Waals surface area contributed by atoms with Crippen molar-refractivity contribution in [3.63, 3.8) is 0 Å². The Bertz CT molecular complexity index is 489.